The maximum absolute atomic E-state index is 9.27. The first-order chi connectivity index (χ1) is 7.79. The van der Waals surface area contributed by atoms with Crippen LogP contribution in [-0.4, -0.2) is 10.1 Å². The quantitative estimate of drug-likeness (QED) is 0.941. The third kappa shape index (κ3) is 2.84. The summed E-state index contributed by atoms with van der Waals surface area (Å²) in [6.45, 7) is 0.0363. The molecule has 2 rings (SSSR count). The van der Waals surface area contributed by atoms with Crippen molar-refractivity contribution >= 4 is 27.7 Å². The largest absolute Gasteiger partial charge is 0.392 e. The van der Waals surface area contributed by atoms with Crippen molar-refractivity contribution in [3.8, 4) is 0 Å². The average Bonchev–Trinajstić information content (AvgIpc) is 2.33. The summed E-state index contributed by atoms with van der Waals surface area (Å²) in [6.07, 6.45) is 1.76. The molecule has 0 fully saturated rings. The second-order valence-electron chi connectivity index (χ2n) is 3.18. The Hall–Kier alpha value is -0.840. The second kappa shape index (κ2) is 5.48. The number of hydrogen-bond donors (Lipinski definition) is 1. The van der Waals surface area contributed by atoms with Crippen molar-refractivity contribution in [3.63, 3.8) is 0 Å². The van der Waals surface area contributed by atoms with Gasteiger partial charge in [-0.2, -0.15) is 0 Å². The Balaban J connectivity index is 2.28. The highest BCUT2D eigenvalue weighted by Gasteiger charge is 2.04. The maximum Gasteiger partial charge on any atom is 0.101 e. The first-order valence-corrected chi connectivity index (χ1v) is 6.39. The van der Waals surface area contributed by atoms with Gasteiger partial charge in [0.05, 0.1) is 6.61 Å². The topological polar surface area (TPSA) is 33.1 Å². The molecule has 4 heteroatoms. The molecule has 0 radical (unpaired) electrons. The van der Waals surface area contributed by atoms with Crippen LogP contribution in [0.15, 0.2) is 57.0 Å². The van der Waals surface area contributed by atoms with E-state index in [1.807, 2.05) is 36.4 Å². The number of aromatic nitrogens is 1. The number of nitrogens with zero attached hydrogens (tertiary/aromatic N) is 1. The average molecular weight is 296 g/mol. The van der Waals surface area contributed by atoms with Gasteiger partial charge in [-0.3, -0.25) is 0 Å². The normalized spacial score (nSPS) is 10.4. The lowest BCUT2D eigenvalue weighted by molar-refractivity contribution is 0.279. The van der Waals surface area contributed by atoms with E-state index < -0.39 is 0 Å². The van der Waals surface area contributed by atoms with Gasteiger partial charge >= 0.3 is 0 Å². The first-order valence-electron chi connectivity index (χ1n) is 4.78. The molecule has 0 atom stereocenters. The molecule has 2 nitrogen and oxygen atoms in total. The van der Waals surface area contributed by atoms with Crippen molar-refractivity contribution in [1.82, 2.24) is 4.98 Å². The summed E-state index contributed by atoms with van der Waals surface area (Å²) in [7, 11) is 0. The molecule has 0 amide bonds. The van der Waals surface area contributed by atoms with Gasteiger partial charge in [-0.15, -0.1) is 0 Å². The Morgan fingerprint density at radius 3 is 2.81 bits per heavy atom. The van der Waals surface area contributed by atoms with Crippen molar-refractivity contribution in [1.29, 1.82) is 0 Å². The molecule has 1 heterocycles. The van der Waals surface area contributed by atoms with Crippen LogP contribution in [0, 0.1) is 0 Å². The smallest absolute Gasteiger partial charge is 0.101 e. The third-order valence-corrected chi connectivity index (χ3v) is 3.61. The fourth-order valence-corrected chi connectivity index (χ4v) is 2.58. The van der Waals surface area contributed by atoms with Gasteiger partial charge in [0.1, 0.15) is 5.03 Å². The predicted molar refractivity (Wildman–Crippen MR) is 68.4 cm³/mol. The summed E-state index contributed by atoms with van der Waals surface area (Å²) in [5, 5.41) is 10.2. The fourth-order valence-electron chi connectivity index (χ4n) is 1.29. The van der Waals surface area contributed by atoms with Crippen molar-refractivity contribution in [2.45, 2.75) is 16.5 Å². The molecular formula is C12H10BrNOS. The van der Waals surface area contributed by atoms with Crippen LogP contribution in [0.2, 0.25) is 0 Å². The van der Waals surface area contributed by atoms with E-state index in [1.54, 1.807) is 18.0 Å². The molecule has 0 unspecified atom stereocenters. The lowest BCUT2D eigenvalue weighted by Crippen LogP contribution is -1.88. The highest BCUT2D eigenvalue weighted by molar-refractivity contribution is 9.10. The van der Waals surface area contributed by atoms with Gasteiger partial charge in [0.15, 0.2) is 0 Å². The van der Waals surface area contributed by atoms with E-state index >= 15 is 0 Å². The van der Waals surface area contributed by atoms with Gasteiger partial charge < -0.3 is 5.11 Å². The first kappa shape index (κ1) is 11.6. The number of halogens is 1. The van der Waals surface area contributed by atoms with E-state index in [2.05, 4.69) is 20.9 Å². The molecule has 0 aliphatic rings. The number of aliphatic hydroxyl groups is 1. The minimum absolute atomic E-state index is 0.0363. The SMILES string of the molecule is OCc1cc(Br)ccc1Sc1ccccn1. The van der Waals surface area contributed by atoms with Crippen LogP contribution in [0.4, 0.5) is 0 Å². The summed E-state index contributed by atoms with van der Waals surface area (Å²) in [5.41, 5.74) is 0.907. The van der Waals surface area contributed by atoms with Crippen molar-refractivity contribution in [2.75, 3.05) is 0 Å². The van der Waals surface area contributed by atoms with E-state index in [0.29, 0.717) is 0 Å². The lowest BCUT2D eigenvalue weighted by Gasteiger charge is -2.06. The van der Waals surface area contributed by atoms with Gasteiger partial charge in [0.25, 0.3) is 0 Å². The van der Waals surface area contributed by atoms with Crippen LogP contribution in [0.1, 0.15) is 5.56 Å². The predicted octanol–water partition coefficient (Wildman–Crippen LogP) is 3.49. The van der Waals surface area contributed by atoms with E-state index in [4.69, 9.17) is 0 Å². The molecular weight excluding hydrogens is 286 g/mol. The summed E-state index contributed by atoms with van der Waals surface area (Å²) in [5.74, 6) is 0. The zero-order valence-electron chi connectivity index (χ0n) is 8.43. The standard InChI is InChI=1S/C12H10BrNOS/c13-10-4-5-11(9(7-10)8-15)16-12-3-1-2-6-14-12/h1-7,15H,8H2. The van der Waals surface area contributed by atoms with Gasteiger partial charge in [0, 0.05) is 15.6 Å². The van der Waals surface area contributed by atoms with Crippen LogP contribution in [0.3, 0.4) is 0 Å². The summed E-state index contributed by atoms with van der Waals surface area (Å²) >= 11 is 4.94. The Bertz CT molecular complexity index is 476. The zero-order valence-corrected chi connectivity index (χ0v) is 10.8. The molecule has 0 saturated carbocycles. The molecule has 1 N–H and O–H groups in total. The number of benzene rings is 1. The van der Waals surface area contributed by atoms with Crippen molar-refractivity contribution in [2.24, 2.45) is 0 Å². The Labute approximate surface area is 107 Å². The van der Waals surface area contributed by atoms with Crippen molar-refractivity contribution < 1.29 is 5.11 Å². The van der Waals surface area contributed by atoms with E-state index in [-0.39, 0.29) is 6.61 Å². The van der Waals surface area contributed by atoms with Crippen LogP contribution >= 0.6 is 27.7 Å². The zero-order chi connectivity index (χ0) is 11.4. The van der Waals surface area contributed by atoms with Crippen LogP contribution in [-0.2, 0) is 6.61 Å². The molecule has 0 saturated heterocycles. The van der Waals surface area contributed by atoms with Gasteiger partial charge in [0.2, 0.25) is 0 Å². The minimum Gasteiger partial charge on any atom is -0.392 e. The third-order valence-electron chi connectivity index (χ3n) is 2.05. The molecule has 0 aliphatic heterocycles. The monoisotopic (exact) mass is 295 g/mol. The molecule has 0 bridgehead atoms. The summed E-state index contributed by atoms with van der Waals surface area (Å²) < 4.78 is 0.974. The van der Waals surface area contributed by atoms with Crippen LogP contribution < -0.4 is 0 Å². The van der Waals surface area contributed by atoms with Crippen LogP contribution in [0.5, 0.6) is 0 Å². The number of pyridine rings is 1. The van der Waals surface area contributed by atoms with E-state index in [1.165, 1.54) is 0 Å². The van der Waals surface area contributed by atoms with Crippen LogP contribution in [0.25, 0.3) is 0 Å². The fraction of sp³-hybridized carbons (Fsp3) is 0.0833. The molecule has 1 aromatic carbocycles. The summed E-state index contributed by atoms with van der Waals surface area (Å²) in [4.78, 5) is 5.27. The number of hydrogen-bond acceptors (Lipinski definition) is 3. The minimum atomic E-state index is 0.0363. The summed E-state index contributed by atoms with van der Waals surface area (Å²) in [6, 6.07) is 11.7. The van der Waals surface area contributed by atoms with Gasteiger partial charge in [-0.1, -0.05) is 33.8 Å². The maximum atomic E-state index is 9.27. The number of aliphatic hydroxyl groups excluding tert-OH is 1. The van der Waals surface area contributed by atoms with Gasteiger partial charge in [-0.25, -0.2) is 4.98 Å². The molecule has 82 valence electrons. The number of rotatable bonds is 3. The second-order valence-corrected chi connectivity index (χ2v) is 5.16. The molecule has 16 heavy (non-hydrogen) atoms. The highest BCUT2D eigenvalue weighted by atomic mass is 79.9. The Morgan fingerprint density at radius 1 is 1.25 bits per heavy atom. The van der Waals surface area contributed by atoms with E-state index in [0.717, 1.165) is 20.0 Å². The van der Waals surface area contributed by atoms with Crippen molar-refractivity contribution in [3.05, 3.63) is 52.6 Å². The highest BCUT2D eigenvalue weighted by Crippen LogP contribution is 2.30. The molecule has 2 aromatic rings. The lowest BCUT2D eigenvalue weighted by atomic mass is 10.2. The molecule has 0 spiro atoms. The molecule has 1 aromatic heterocycles. The molecule has 0 aliphatic carbocycles. The van der Waals surface area contributed by atoms with E-state index in [9.17, 15) is 5.11 Å². The Morgan fingerprint density at radius 2 is 2.12 bits per heavy atom. The van der Waals surface area contributed by atoms with Gasteiger partial charge in [-0.05, 0) is 35.9 Å². The Kier molecular flexibility index (Phi) is 3.98.